The smallest absolute Gasteiger partial charge is 0.208 e. The first-order valence-electron chi connectivity index (χ1n) is 4.26. The van der Waals surface area contributed by atoms with Crippen LogP contribution in [0.25, 0.3) is 0 Å². The number of aromatic nitrogens is 4. The van der Waals surface area contributed by atoms with E-state index in [0.29, 0.717) is 4.47 Å². The molecule has 0 radical (unpaired) electrons. The highest BCUT2D eigenvalue weighted by molar-refractivity contribution is 8.00. The molecule has 9 heteroatoms. The number of hydrogen-bond donors (Lipinski definition) is 0. The van der Waals surface area contributed by atoms with Crippen molar-refractivity contribution in [3.8, 4) is 0 Å². The minimum atomic E-state index is 0.474. The van der Waals surface area contributed by atoms with Crippen molar-refractivity contribution in [2.24, 2.45) is 0 Å². The van der Waals surface area contributed by atoms with E-state index in [1.807, 2.05) is 19.0 Å². The number of nitrogens with zero attached hydrogens (tertiary/aromatic N) is 5. The molecule has 0 aliphatic carbocycles. The van der Waals surface area contributed by atoms with Gasteiger partial charge in [0.15, 0.2) is 4.34 Å². The Morgan fingerprint density at radius 1 is 1.19 bits per heavy atom. The molecular formula is C7H8ClN5S3. The zero-order valence-electron chi connectivity index (χ0n) is 8.55. The molecule has 0 saturated heterocycles. The molecule has 2 aromatic heterocycles. The lowest BCUT2D eigenvalue weighted by Crippen LogP contribution is -2.07. The molecule has 0 bridgehead atoms. The Kier molecular flexibility index (Phi) is 3.95. The Labute approximate surface area is 110 Å². The van der Waals surface area contributed by atoms with Crippen molar-refractivity contribution in [1.29, 1.82) is 0 Å². The second kappa shape index (κ2) is 5.26. The van der Waals surface area contributed by atoms with E-state index in [1.54, 1.807) is 23.1 Å². The molecule has 86 valence electrons. The van der Waals surface area contributed by atoms with E-state index in [-0.39, 0.29) is 0 Å². The number of rotatable bonds is 4. The van der Waals surface area contributed by atoms with Crippen molar-refractivity contribution in [2.75, 3.05) is 19.0 Å². The Bertz CT molecular complexity index is 468. The standard InChI is InChI=1S/C7H8ClN5S3/c1-13(2)6-11-12-7(16-6)14-3-4-9-10-5(8)15-4/h3H2,1-2H3. The second-order valence-electron chi connectivity index (χ2n) is 2.98. The lowest BCUT2D eigenvalue weighted by atomic mass is 10.9. The fourth-order valence-electron chi connectivity index (χ4n) is 0.857. The van der Waals surface area contributed by atoms with Gasteiger partial charge in [-0.2, -0.15) is 0 Å². The third-order valence-corrected chi connectivity index (χ3v) is 4.98. The van der Waals surface area contributed by atoms with Crippen molar-refractivity contribution >= 4 is 51.2 Å². The Morgan fingerprint density at radius 2 is 2.00 bits per heavy atom. The van der Waals surface area contributed by atoms with E-state index in [0.717, 1.165) is 20.2 Å². The maximum absolute atomic E-state index is 5.69. The van der Waals surface area contributed by atoms with Crippen LogP contribution in [0.2, 0.25) is 4.47 Å². The van der Waals surface area contributed by atoms with Gasteiger partial charge in [0.05, 0.1) is 5.75 Å². The number of anilines is 1. The van der Waals surface area contributed by atoms with Crippen molar-refractivity contribution < 1.29 is 0 Å². The van der Waals surface area contributed by atoms with E-state index in [2.05, 4.69) is 20.4 Å². The molecule has 0 unspecified atom stereocenters. The van der Waals surface area contributed by atoms with Crippen LogP contribution in [0.5, 0.6) is 0 Å². The van der Waals surface area contributed by atoms with E-state index in [9.17, 15) is 0 Å². The summed E-state index contributed by atoms with van der Waals surface area (Å²) in [5.41, 5.74) is 0. The van der Waals surface area contributed by atoms with E-state index in [4.69, 9.17) is 11.6 Å². The molecule has 2 heterocycles. The van der Waals surface area contributed by atoms with Crippen molar-refractivity contribution in [3.05, 3.63) is 9.47 Å². The minimum absolute atomic E-state index is 0.474. The topological polar surface area (TPSA) is 54.8 Å². The molecule has 0 atom stereocenters. The van der Waals surface area contributed by atoms with E-state index in [1.165, 1.54) is 11.3 Å². The molecule has 0 saturated carbocycles. The lowest BCUT2D eigenvalue weighted by Gasteiger charge is -2.03. The second-order valence-corrected chi connectivity index (χ2v) is 6.81. The summed E-state index contributed by atoms with van der Waals surface area (Å²) < 4.78 is 1.40. The summed E-state index contributed by atoms with van der Waals surface area (Å²) in [5.74, 6) is 0.729. The Balaban J connectivity index is 1.94. The molecule has 0 aromatic carbocycles. The molecule has 5 nitrogen and oxygen atoms in total. The predicted molar refractivity (Wildman–Crippen MR) is 68.7 cm³/mol. The summed E-state index contributed by atoms with van der Waals surface area (Å²) in [4.78, 5) is 1.93. The largest absolute Gasteiger partial charge is 0.353 e. The van der Waals surface area contributed by atoms with Gasteiger partial charge in [0.25, 0.3) is 0 Å². The molecule has 0 aliphatic rings. The quantitative estimate of drug-likeness (QED) is 0.807. The summed E-state index contributed by atoms with van der Waals surface area (Å²) in [7, 11) is 3.89. The zero-order chi connectivity index (χ0) is 11.5. The molecule has 2 aromatic rings. The Morgan fingerprint density at radius 3 is 2.56 bits per heavy atom. The highest BCUT2D eigenvalue weighted by Gasteiger charge is 2.08. The fourth-order valence-corrected chi connectivity index (χ4v) is 3.47. The SMILES string of the molecule is CN(C)c1nnc(SCc2nnc(Cl)s2)s1. The molecule has 2 rings (SSSR count). The average molecular weight is 294 g/mol. The van der Waals surface area contributed by atoms with E-state index < -0.39 is 0 Å². The van der Waals surface area contributed by atoms with Crippen LogP contribution < -0.4 is 4.90 Å². The molecule has 0 N–H and O–H groups in total. The third-order valence-electron chi connectivity index (χ3n) is 1.54. The first-order chi connectivity index (χ1) is 7.65. The van der Waals surface area contributed by atoms with Gasteiger partial charge in [-0.15, -0.1) is 20.4 Å². The monoisotopic (exact) mass is 293 g/mol. The zero-order valence-corrected chi connectivity index (χ0v) is 11.8. The Hall–Kier alpha value is -0.440. The van der Waals surface area contributed by atoms with Gasteiger partial charge in [0, 0.05) is 14.1 Å². The predicted octanol–water partition coefficient (Wildman–Crippen LogP) is 2.40. The molecule has 0 spiro atoms. The number of halogens is 1. The summed E-state index contributed by atoms with van der Waals surface area (Å²) >= 11 is 10.2. The number of thioether (sulfide) groups is 1. The van der Waals surface area contributed by atoms with Crippen molar-refractivity contribution in [3.63, 3.8) is 0 Å². The molecule has 16 heavy (non-hydrogen) atoms. The first kappa shape index (κ1) is 12.0. The molecule has 0 fully saturated rings. The van der Waals surface area contributed by atoms with Crippen molar-refractivity contribution in [1.82, 2.24) is 20.4 Å². The van der Waals surface area contributed by atoms with Gasteiger partial charge in [0.1, 0.15) is 5.01 Å². The van der Waals surface area contributed by atoms with Gasteiger partial charge in [-0.1, -0.05) is 34.4 Å². The van der Waals surface area contributed by atoms with Gasteiger partial charge in [0.2, 0.25) is 9.60 Å². The summed E-state index contributed by atoms with van der Waals surface area (Å²) in [6.07, 6.45) is 0. The van der Waals surface area contributed by atoms with Gasteiger partial charge < -0.3 is 4.90 Å². The third kappa shape index (κ3) is 3.03. The molecule has 0 aliphatic heterocycles. The van der Waals surface area contributed by atoms with Crippen LogP contribution >= 0.6 is 46.0 Å². The van der Waals surface area contributed by atoms with Crippen LogP contribution in [0, 0.1) is 0 Å². The van der Waals surface area contributed by atoms with Crippen LogP contribution in [-0.4, -0.2) is 34.5 Å². The lowest BCUT2D eigenvalue weighted by molar-refractivity contribution is 0.971. The van der Waals surface area contributed by atoms with Crippen LogP contribution in [0.15, 0.2) is 4.34 Å². The summed E-state index contributed by atoms with van der Waals surface area (Å²) in [6, 6.07) is 0. The first-order valence-corrected chi connectivity index (χ1v) is 7.26. The maximum Gasteiger partial charge on any atom is 0.208 e. The minimum Gasteiger partial charge on any atom is -0.353 e. The highest BCUT2D eigenvalue weighted by Crippen LogP contribution is 2.30. The maximum atomic E-state index is 5.69. The normalized spacial score (nSPS) is 10.7. The highest BCUT2D eigenvalue weighted by atomic mass is 35.5. The molecular weight excluding hydrogens is 286 g/mol. The van der Waals surface area contributed by atoms with Crippen LogP contribution in [0.4, 0.5) is 5.13 Å². The average Bonchev–Trinajstić information content (AvgIpc) is 2.83. The summed E-state index contributed by atoms with van der Waals surface area (Å²) in [5, 5.41) is 17.6. The van der Waals surface area contributed by atoms with Crippen molar-refractivity contribution in [2.45, 2.75) is 10.1 Å². The number of hydrogen-bond acceptors (Lipinski definition) is 8. The van der Waals surface area contributed by atoms with Gasteiger partial charge >= 0.3 is 0 Å². The van der Waals surface area contributed by atoms with Crippen LogP contribution in [0.3, 0.4) is 0 Å². The van der Waals surface area contributed by atoms with Gasteiger partial charge in [-0.25, -0.2) is 0 Å². The van der Waals surface area contributed by atoms with Crippen LogP contribution in [-0.2, 0) is 5.75 Å². The summed E-state index contributed by atoms with van der Waals surface area (Å²) in [6.45, 7) is 0. The van der Waals surface area contributed by atoms with Gasteiger partial charge in [-0.05, 0) is 11.6 Å². The fraction of sp³-hybridized carbons (Fsp3) is 0.429. The van der Waals surface area contributed by atoms with Crippen LogP contribution in [0.1, 0.15) is 5.01 Å². The van der Waals surface area contributed by atoms with E-state index >= 15 is 0 Å². The van der Waals surface area contributed by atoms with Gasteiger partial charge in [-0.3, -0.25) is 0 Å². The molecule has 0 amide bonds.